The molecule has 1 aliphatic heterocycles. The van der Waals surface area contributed by atoms with Crippen LogP contribution in [0, 0.1) is 0 Å². The predicted octanol–water partition coefficient (Wildman–Crippen LogP) is 5.51. The van der Waals surface area contributed by atoms with Gasteiger partial charge in [-0.15, -0.1) is 0 Å². The van der Waals surface area contributed by atoms with E-state index in [1.165, 1.54) is 0 Å². The van der Waals surface area contributed by atoms with E-state index in [0.29, 0.717) is 10.8 Å². The lowest BCUT2D eigenvalue weighted by Crippen LogP contribution is -2.27. The van der Waals surface area contributed by atoms with Crippen molar-refractivity contribution in [1.82, 2.24) is 0 Å². The fourth-order valence-electron chi connectivity index (χ4n) is 3.54. The van der Waals surface area contributed by atoms with E-state index >= 15 is 0 Å². The fourth-order valence-corrected chi connectivity index (χ4v) is 4.09. The predicted molar refractivity (Wildman–Crippen MR) is 113 cm³/mol. The van der Waals surface area contributed by atoms with E-state index in [2.05, 4.69) is 15.9 Å². The Balaban J connectivity index is 2.01. The van der Waals surface area contributed by atoms with Crippen LogP contribution in [0.25, 0.3) is 10.8 Å². The van der Waals surface area contributed by atoms with Gasteiger partial charge < -0.3 is 15.2 Å². The highest BCUT2D eigenvalue weighted by Gasteiger charge is 2.36. The number of ether oxygens (including phenoxy) is 2. The molecule has 2 N–H and O–H groups in total. The summed E-state index contributed by atoms with van der Waals surface area (Å²) >= 11 is 10.0. The molecule has 0 aromatic heterocycles. The smallest absolute Gasteiger partial charge is 0.340 e. The van der Waals surface area contributed by atoms with Gasteiger partial charge in [-0.3, -0.25) is 0 Å². The van der Waals surface area contributed by atoms with Crippen molar-refractivity contribution in [2.24, 2.45) is 5.73 Å². The first-order valence-corrected chi connectivity index (χ1v) is 9.99. The van der Waals surface area contributed by atoms with E-state index in [4.69, 9.17) is 26.8 Å². The molecule has 6 heteroatoms. The van der Waals surface area contributed by atoms with Crippen LogP contribution < -0.4 is 10.5 Å². The van der Waals surface area contributed by atoms with Crippen LogP contribution >= 0.6 is 27.5 Å². The summed E-state index contributed by atoms with van der Waals surface area (Å²) in [7, 11) is 0. The Kier molecular flexibility index (Phi) is 5.04. The van der Waals surface area contributed by atoms with Gasteiger partial charge in [0.2, 0.25) is 5.88 Å². The van der Waals surface area contributed by atoms with Crippen LogP contribution in [0.1, 0.15) is 24.0 Å². The molecule has 4 rings (SSSR count). The number of rotatable bonds is 3. The zero-order chi connectivity index (χ0) is 19.8. The summed E-state index contributed by atoms with van der Waals surface area (Å²) in [6.45, 7) is 2.00. The lowest BCUT2D eigenvalue weighted by molar-refractivity contribution is -0.139. The number of fused-ring (bicyclic) bond motifs is 3. The topological polar surface area (TPSA) is 61.5 Å². The fraction of sp³-hybridized carbons (Fsp3) is 0.136. The van der Waals surface area contributed by atoms with E-state index in [1.54, 1.807) is 6.92 Å². The molecule has 1 aliphatic rings. The number of esters is 1. The number of benzene rings is 3. The van der Waals surface area contributed by atoms with Crippen LogP contribution in [0.5, 0.6) is 5.75 Å². The molecule has 142 valence electrons. The molecule has 3 aromatic carbocycles. The molecule has 0 bridgehead atoms. The Morgan fingerprint density at radius 1 is 1.18 bits per heavy atom. The first kappa shape index (κ1) is 18.8. The summed E-state index contributed by atoms with van der Waals surface area (Å²) in [6.07, 6.45) is 0. The van der Waals surface area contributed by atoms with E-state index < -0.39 is 11.9 Å². The molecule has 1 atom stereocenters. The van der Waals surface area contributed by atoms with Gasteiger partial charge in [-0.05, 0) is 30.7 Å². The van der Waals surface area contributed by atoms with Crippen molar-refractivity contribution in [2.75, 3.05) is 6.61 Å². The number of carbonyl (C=O) groups is 1. The zero-order valence-electron chi connectivity index (χ0n) is 15.0. The zero-order valence-corrected chi connectivity index (χ0v) is 17.4. The average Bonchev–Trinajstić information content (AvgIpc) is 2.69. The molecule has 0 saturated heterocycles. The Labute approximate surface area is 176 Å². The largest absolute Gasteiger partial charge is 0.462 e. The third-order valence-electron chi connectivity index (χ3n) is 4.75. The molecule has 0 fully saturated rings. The maximum atomic E-state index is 12.7. The molecular weight excluding hydrogens is 442 g/mol. The standard InChI is InChI=1S/C22H17BrClNO3/c1-2-27-22(26)19-18(12-7-9-13(23)10-8-12)16-11-17(24)14-5-3-4-6-15(14)20(16)28-21(19)25/h3-11,18H,2,25H2,1H3. The van der Waals surface area contributed by atoms with E-state index in [9.17, 15) is 4.79 Å². The molecule has 3 aromatic rings. The van der Waals surface area contributed by atoms with Crippen LogP contribution in [-0.4, -0.2) is 12.6 Å². The maximum Gasteiger partial charge on any atom is 0.340 e. The number of carbonyl (C=O) groups excluding carboxylic acids is 1. The van der Waals surface area contributed by atoms with Crippen molar-refractivity contribution < 1.29 is 14.3 Å². The molecule has 0 radical (unpaired) electrons. The highest BCUT2D eigenvalue weighted by molar-refractivity contribution is 9.10. The average molecular weight is 459 g/mol. The Morgan fingerprint density at radius 2 is 1.86 bits per heavy atom. The lowest BCUT2D eigenvalue weighted by Gasteiger charge is -2.29. The lowest BCUT2D eigenvalue weighted by atomic mass is 9.82. The van der Waals surface area contributed by atoms with Gasteiger partial charge >= 0.3 is 5.97 Å². The Morgan fingerprint density at radius 3 is 2.54 bits per heavy atom. The highest BCUT2D eigenvalue weighted by Crippen LogP contribution is 2.47. The highest BCUT2D eigenvalue weighted by atomic mass is 79.9. The second kappa shape index (κ2) is 7.49. The Hall–Kier alpha value is -2.50. The van der Waals surface area contributed by atoms with Crippen molar-refractivity contribution in [2.45, 2.75) is 12.8 Å². The summed E-state index contributed by atoms with van der Waals surface area (Å²) in [5.74, 6) is -0.286. The van der Waals surface area contributed by atoms with Gasteiger partial charge in [0.05, 0.1) is 12.5 Å². The molecule has 0 saturated carbocycles. The second-order valence-electron chi connectivity index (χ2n) is 6.41. The SMILES string of the molecule is CCOC(=O)C1=C(N)Oc2c(cc(Cl)c3ccccc23)C1c1ccc(Br)cc1. The van der Waals surface area contributed by atoms with Crippen LogP contribution in [0.4, 0.5) is 0 Å². The molecule has 0 amide bonds. The van der Waals surface area contributed by atoms with Crippen LogP contribution in [0.3, 0.4) is 0 Å². The van der Waals surface area contributed by atoms with Crippen molar-refractivity contribution >= 4 is 44.3 Å². The molecule has 1 heterocycles. The maximum absolute atomic E-state index is 12.7. The summed E-state index contributed by atoms with van der Waals surface area (Å²) in [4.78, 5) is 12.7. The number of hydrogen-bond acceptors (Lipinski definition) is 4. The normalized spacial score (nSPS) is 15.9. The van der Waals surface area contributed by atoms with Crippen molar-refractivity contribution in [3.05, 3.63) is 86.7 Å². The molecule has 0 spiro atoms. The monoisotopic (exact) mass is 457 g/mol. The van der Waals surface area contributed by atoms with Gasteiger partial charge in [-0.25, -0.2) is 4.79 Å². The van der Waals surface area contributed by atoms with Gasteiger partial charge in [0.1, 0.15) is 11.3 Å². The van der Waals surface area contributed by atoms with Gasteiger partial charge in [-0.1, -0.05) is 63.9 Å². The summed E-state index contributed by atoms with van der Waals surface area (Å²) in [5, 5.41) is 2.30. The number of hydrogen-bond donors (Lipinski definition) is 1. The third kappa shape index (κ3) is 3.15. The van der Waals surface area contributed by atoms with E-state index in [-0.39, 0.29) is 18.1 Å². The second-order valence-corrected chi connectivity index (χ2v) is 7.73. The number of nitrogens with two attached hydrogens (primary N) is 1. The molecule has 28 heavy (non-hydrogen) atoms. The van der Waals surface area contributed by atoms with Gasteiger partial charge in [0.25, 0.3) is 0 Å². The minimum atomic E-state index is -0.497. The van der Waals surface area contributed by atoms with Crippen LogP contribution in [0.15, 0.2) is 70.5 Å². The summed E-state index contributed by atoms with van der Waals surface area (Å²) in [5.41, 5.74) is 8.18. The van der Waals surface area contributed by atoms with Gasteiger partial charge in [0.15, 0.2) is 0 Å². The molecule has 0 aliphatic carbocycles. The van der Waals surface area contributed by atoms with Gasteiger partial charge in [-0.2, -0.15) is 0 Å². The van der Waals surface area contributed by atoms with E-state index in [0.717, 1.165) is 26.4 Å². The number of halogens is 2. The van der Waals surface area contributed by atoms with Crippen LogP contribution in [-0.2, 0) is 9.53 Å². The molecule has 1 unspecified atom stereocenters. The van der Waals surface area contributed by atoms with Crippen molar-refractivity contribution in [1.29, 1.82) is 0 Å². The van der Waals surface area contributed by atoms with Crippen LogP contribution in [0.2, 0.25) is 5.02 Å². The van der Waals surface area contributed by atoms with Crippen molar-refractivity contribution in [3.63, 3.8) is 0 Å². The molecular formula is C22H17BrClNO3. The van der Waals surface area contributed by atoms with Gasteiger partial charge in [0, 0.05) is 25.8 Å². The summed E-state index contributed by atoms with van der Waals surface area (Å²) in [6, 6.07) is 17.3. The van der Waals surface area contributed by atoms with Crippen molar-refractivity contribution in [3.8, 4) is 5.75 Å². The third-order valence-corrected chi connectivity index (χ3v) is 5.59. The van der Waals surface area contributed by atoms with E-state index in [1.807, 2.05) is 54.6 Å². The summed E-state index contributed by atoms with van der Waals surface area (Å²) < 4.78 is 12.1. The Bertz CT molecular complexity index is 1110. The first-order valence-electron chi connectivity index (χ1n) is 8.82. The first-order chi connectivity index (χ1) is 13.5. The minimum Gasteiger partial charge on any atom is -0.462 e. The quantitative estimate of drug-likeness (QED) is 0.525. The molecule has 4 nitrogen and oxygen atoms in total. The minimum absolute atomic E-state index is 0.0475.